The summed E-state index contributed by atoms with van der Waals surface area (Å²) in [6.45, 7) is 8.33. The van der Waals surface area contributed by atoms with Gasteiger partial charge in [0.1, 0.15) is 5.82 Å². The molecule has 0 aliphatic heterocycles. The van der Waals surface area contributed by atoms with Gasteiger partial charge in [0.15, 0.2) is 0 Å². The highest BCUT2D eigenvalue weighted by atomic mass is 79.9. The van der Waals surface area contributed by atoms with Crippen LogP contribution in [0, 0.1) is 6.92 Å². The van der Waals surface area contributed by atoms with Crippen molar-refractivity contribution in [3.05, 3.63) is 34.4 Å². The summed E-state index contributed by atoms with van der Waals surface area (Å²) in [5, 5.41) is 2.45. The first kappa shape index (κ1) is 12.4. The lowest BCUT2D eigenvalue weighted by molar-refractivity contribution is 0.847. The first-order valence-electron chi connectivity index (χ1n) is 5.98. The summed E-state index contributed by atoms with van der Waals surface area (Å²) in [6, 6.07) is 8.42. The Morgan fingerprint density at radius 2 is 1.71 bits per heavy atom. The van der Waals surface area contributed by atoms with E-state index in [2.05, 4.69) is 58.9 Å². The van der Waals surface area contributed by atoms with Crippen molar-refractivity contribution < 1.29 is 0 Å². The Morgan fingerprint density at radius 3 is 2.29 bits per heavy atom. The first-order valence-corrected chi connectivity index (χ1v) is 6.78. The Bertz CT molecular complexity index is 533. The predicted octanol–water partition coefficient (Wildman–Crippen LogP) is 4.15. The molecule has 0 unspecified atom stereocenters. The van der Waals surface area contributed by atoms with Gasteiger partial charge in [-0.15, -0.1) is 0 Å². The molecule has 1 heterocycles. The summed E-state index contributed by atoms with van der Waals surface area (Å²) in [4.78, 5) is 7.02. The summed E-state index contributed by atoms with van der Waals surface area (Å²) in [5.41, 5.74) is 1.05. The van der Waals surface area contributed by atoms with E-state index >= 15 is 0 Å². The normalized spacial score (nSPS) is 10.8. The van der Waals surface area contributed by atoms with Crippen LogP contribution in [0.1, 0.15) is 19.5 Å². The van der Waals surface area contributed by atoms with Crippen LogP contribution in [0.5, 0.6) is 0 Å². The predicted molar refractivity (Wildman–Crippen MR) is 77.7 cm³/mol. The molecule has 0 fully saturated rings. The number of anilines is 1. The molecular weight excluding hydrogens is 276 g/mol. The topological polar surface area (TPSA) is 16.1 Å². The van der Waals surface area contributed by atoms with Gasteiger partial charge in [-0.3, -0.25) is 0 Å². The van der Waals surface area contributed by atoms with E-state index in [4.69, 9.17) is 4.98 Å². The SMILES string of the molecule is CCN(CC)c1nc(C)c(Br)c2ccccc12. The Balaban J connectivity index is 2.75. The minimum Gasteiger partial charge on any atom is -0.357 e. The zero-order chi connectivity index (χ0) is 12.4. The van der Waals surface area contributed by atoms with E-state index < -0.39 is 0 Å². The second-order valence-electron chi connectivity index (χ2n) is 4.05. The van der Waals surface area contributed by atoms with Gasteiger partial charge in [0, 0.05) is 28.3 Å². The largest absolute Gasteiger partial charge is 0.357 e. The maximum absolute atomic E-state index is 4.72. The number of hydrogen-bond donors (Lipinski definition) is 0. The lowest BCUT2D eigenvalue weighted by atomic mass is 10.1. The van der Waals surface area contributed by atoms with E-state index in [9.17, 15) is 0 Å². The van der Waals surface area contributed by atoms with E-state index in [1.54, 1.807) is 0 Å². The molecular formula is C14H17BrN2. The smallest absolute Gasteiger partial charge is 0.136 e. The summed E-state index contributed by atoms with van der Waals surface area (Å²) in [5.74, 6) is 1.09. The average Bonchev–Trinajstić information content (AvgIpc) is 2.37. The van der Waals surface area contributed by atoms with Gasteiger partial charge in [0.05, 0.1) is 5.69 Å². The second-order valence-corrected chi connectivity index (χ2v) is 4.85. The van der Waals surface area contributed by atoms with Crippen molar-refractivity contribution in [1.29, 1.82) is 0 Å². The van der Waals surface area contributed by atoms with Gasteiger partial charge in [0.25, 0.3) is 0 Å². The maximum atomic E-state index is 4.72. The summed E-state index contributed by atoms with van der Waals surface area (Å²) < 4.78 is 1.10. The molecule has 17 heavy (non-hydrogen) atoms. The Kier molecular flexibility index (Phi) is 3.67. The first-order chi connectivity index (χ1) is 8.19. The minimum atomic E-state index is 0.981. The maximum Gasteiger partial charge on any atom is 0.136 e. The lowest BCUT2D eigenvalue weighted by Gasteiger charge is -2.22. The molecule has 0 radical (unpaired) electrons. The molecule has 2 aromatic rings. The zero-order valence-corrected chi connectivity index (χ0v) is 12.1. The highest BCUT2D eigenvalue weighted by Crippen LogP contribution is 2.32. The molecule has 0 spiro atoms. The molecule has 90 valence electrons. The van der Waals surface area contributed by atoms with Gasteiger partial charge in [-0.05, 0) is 36.7 Å². The molecule has 0 aliphatic rings. The lowest BCUT2D eigenvalue weighted by Crippen LogP contribution is -2.23. The molecule has 2 rings (SSSR count). The number of benzene rings is 1. The van der Waals surface area contributed by atoms with Crippen LogP contribution in [0.25, 0.3) is 10.8 Å². The Hall–Kier alpha value is -1.09. The zero-order valence-electron chi connectivity index (χ0n) is 10.5. The van der Waals surface area contributed by atoms with E-state index in [1.807, 2.05) is 6.92 Å². The molecule has 0 saturated heterocycles. The Morgan fingerprint density at radius 1 is 1.12 bits per heavy atom. The monoisotopic (exact) mass is 292 g/mol. The molecule has 0 saturated carbocycles. The van der Waals surface area contributed by atoms with Crippen LogP contribution in [0.4, 0.5) is 5.82 Å². The molecule has 0 amide bonds. The number of halogens is 1. The third-order valence-corrected chi connectivity index (χ3v) is 4.06. The van der Waals surface area contributed by atoms with Crippen LogP contribution in [-0.2, 0) is 0 Å². The molecule has 1 aromatic heterocycles. The van der Waals surface area contributed by atoms with Gasteiger partial charge in [-0.1, -0.05) is 24.3 Å². The molecule has 3 heteroatoms. The van der Waals surface area contributed by atoms with Gasteiger partial charge < -0.3 is 4.90 Å². The van der Waals surface area contributed by atoms with Crippen molar-refractivity contribution in [2.45, 2.75) is 20.8 Å². The molecule has 0 N–H and O–H groups in total. The van der Waals surface area contributed by atoms with Gasteiger partial charge in [-0.25, -0.2) is 4.98 Å². The minimum absolute atomic E-state index is 0.981. The van der Waals surface area contributed by atoms with E-state index in [1.165, 1.54) is 10.8 Å². The number of rotatable bonds is 3. The molecule has 2 nitrogen and oxygen atoms in total. The third-order valence-electron chi connectivity index (χ3n) is 3.06. The number of pyridine rings is 1. The van der Waals surface area contributed by atoms with Gasteiger partial charge in [0.2, 0.25) is 0 Å². The average molecular weight is 293 g/mol. The van der Waals surface area contributed by atoms with E-state index in [0.717, 1.165) is 29.1 Å². The van der Waals surface area contributed by atoms with Crippen molar-refractivity contribution in [3.8, 4) is 0 Å². The second kappa shape index (κ2) is 5.05. The fourth-order valence-corrected chi connectivity index (χ4v) is 2.53. The van der Waals surface area contributed by atoms with E-state index in [0.29, 0.717) is 0 Å². The van der Waals surface area contributed by atoms with Crippen molar-refractivity contribution in [2.75, 3.05) is 18.0 Å². The fourth-order valence-electron chi connectivity index (χ4n) is 2.10. The van der Waals surface area contributed by atoms with Crippen LogP contribution < -0.4 is 4.90 Å². The molecule has 1 aromatic carbocycles. The van der Waals surface area contributed by atoms with Crippen molar-refractivity contribution in [1.82, 2.24) is 4.98 Å². The third kappa shape index (κ3) is 2.16. The number of aryl methyl sites for hydroxylation is 1. The number of nitrogens with zero attached hydrogens (tertiary/aromatic N) is 2. The van der Waals surface area contributed by atoms with Crippen molar-refractivity contribution in [2.24, 2.45) is 0 Å². The quantitative estimate of drug-likeness (QED) is 0.845. The van der Waals surface area contributed by atoms with Crippen LogP contribution in [0.15, 0.2) is 28.7 Å². The standard InChI is InChI=1S/C14H17BrN2/c1-4-17(5-2)14-12-9-7-6-8-11(12)13(15)10(3)16-14/h6-9H,4-5H2,1-3H3. The van der Waals surface area contributed by atoms with Gasteiger partial charge >= 0.3 is 0 Å². The Labute approximate surface area is 111 Å². The van der Waals surface area contributed by atoms with Crippen LogP contribution in [0.2, 0.25) is 0 Å². The highest BCUT2D eigenvalue weighted by molar-refractivity contribution is 9.10. The molecule has 0 atom stereocenters. The van der Waals surface area contributed by atoms with Crippen LogP contribution in [-0.4, -0.2) is 18.1 Å². The number of hydrogen-bond acceptors (Lipinski definition) is 2. The van der Waals surface area contributed by atoms with Gasteiger partial charge in [-0.2, -0.15) is 0 Å². The summed E-state index contributed by atoms with van der Waals surface area (Å²) in [6.07, 6.45) is 0. The van der Waals surface area contributed by atoms with Crippen molar-refractivity contribution >= 4 is 32.5 Å². The van der Waals surface area contributed by atoms with Crippen molar-refractivity contribution in [3.63, 3.8) is 0 Å². The molecule has 0 aliphatic carbocycles. The number of aromatic nitrogens is 1. The molecule has 0 bridgehead atoms. The number of fused-ring (bicyclic) bond motifs is 1. The summed E-state index contributed by atoms with van der Waals surface area (Å²) >= 11 is 3.63. The van der Waals surface area contributed by atoms with Crippen LogP contribution in [0.3, 0.4) is 0 Å². The highest BCUT2D eigenvalue weighted by Gasteiger charge is 2.12. The van der Waals surface area contributed by atoms with E-state index in [-0.39, 0.29) is 0 Å². The summed E-state index contributed by atoms with van der Waals surface area (Å²) in [7, 11) is 0. The van der Waals surface area contributed by atoms with Crippen LogP contribution >= 0.6 is 15.9 Å². The fraction of sp³-hybridized carbons (Fsp3) is 0.357.